The molecule has 5 nitrogen and oxygen atoms in total. The molecule has 1 amide bonds. The van der Waals surface area contributed by atoms with Crippen molar-refractivity contribution in [3.05, 3.63) is 53.9 Å². The van der Waals surface area contributed by atoms with Crippen LogP contribution >= 0.6 is 0 Å². The molecule has 0 aliphatic rings. The molecule has 0 bridgehead atoms. The Morgan fingerprint density at radius 2 is 1.70 bits per heavy atom. The number of hydrogen-bond donors (Lipinski definition) is 0. The first-order chi connectivity index (χ1) is 11.2. The highest BCUT2D eigenvalue weighted by molar-refractivity contribution is 5.94. The van der Waals surface area contributed by atoms with Crippen molar-refractivity contribution in [1.82, 2.24) is 9.88 Å². The van der Waals surface area contributed by atoms with Crippen LogP contribution in [-0.2, 0) is 6.54 Å². The summed E-state index contributed by atoms with van der Waals surface area (Å²) in [5.74, 6) is 1.19. The van der Waals surface area contributed by atoms with Gasteiger partial charge >= 0.3 is 0 Å². The Labute approximate surface area is 136 Å². The Kier molecular flexibility index (Phi) is 5.97. The topological polar surface area (TPSA) is 51.7 Å². The van der Waals surface area contributed by atoms with Crippen LogP contribution in [0.5, 0.6) is 11.5 Å². The second-order valence-corrected chi connectivity index (χ2v) is 5.04. The van der Waals surface area contributed by atoms with E-state index in [-0.39, 0.29) is 5.91 Å². The normalized spacial score (nSPS) is 10.2. The molecule has 0 saturated heterocycles. The van der Waals surface area contributed by atoms with Gasteiger partial charge in [0.1, 0.15) is 0 Å². The van der Waals surface area contributed by atoms with Crippen LogP contribution in [0.25, 0.3) is 0 Å². The standard InChI is InChI=1S/C18H22N2O3/c1-4-22-16-7-6-15(12-17(16)23-5-2)18(21)20(3)13-14-8-10-19-11-9-14/h6-12H,4-5,13H2,1-3H3. The number of amides is 1. The Morgan fingerprint density at radius 1 is 1.04 bits per heavy atom. The van der Waals surface area contributed by atoms with Gasteiger partial charge in [0.25, 0.3) is 5.91 Å². The third-order valence-electron chi connectivity index (χ3n) is 3.31. The fraction of sp³-hybridized carbons (Fsp3) is 0.333. The lowest BCUT2D eigenvalue weighted by molar-refractivity contribution is 0.0784. The lowest BCUT2D eigenvalue weighted by Crippen LogP contribution is -2.26. The van der Waals surface area contributed by atoms with E-state index in [2.05, 4.69) is 4.98 Å². The third kappa shape index (κ3) is 4.45. The van der Waals surface area contributed by atoms with Crippen molar-refractivity contribution in [2.45, 2.75) is 20.4 Å². The van der Waals surface area contributed by atoms with E-state index in [0.29, 0.717) is 36.8 Å². The van der Waals surface area contributed by atoms with Crippen molar-refractivity contribution in [3.63, 3.8) is 0 Å². The molecule has 0 radical (unpaired) electrons. The van der Waals surface area contributed by atoms with Gasteiger partial charge in [-0.25, -0.2) is 0 Å². The lowest BCUT2D eigenvalue weighted by atomic mass is 10.1. The molecular weight excluding hydrogens is 292 g/mol. The monoisotopic (exact) mass is 314 g/mol. The predicted octanol–water partition coefficient (Wildman–Crippen LogP) is 3.15. The zero-order valence-corrected chi connectivity index (χ0v) is 13.8. The van der Waals surface area contributed by atoms with Crippen molar-refractivity contribution in [2.24, 2.45) is 0 Å². The van der Waals surface area contributed by atoms with Crippen LogP contribution in [0.2, 0.25) is 0 Å². The summed E-state index contributed by atoms with van der Waals surface area (Å²) in [5, 5.41) is 0. The van der Waals surface area contributed by atoms with E-state index in [1.807, 2.05) is 26.0 Å². The molecule has 2 aromatic rings. The summed E-state index contributed by atoms with van der Waals surface area (Å²) in [4.78, 5) is 18.2. The van der Waals surface area contributed by atoms with Crippen LogP contribution in [0.15, 0.2) is 42.7 Å². The van der Waals surface area contributed by atoms with Gasteiger partial charge < -0.3 is 14.4 Å². The number of benzene rings is 1. The van der Waals surface area contributed by atoms with E-state index in [1.54, 1.807) is 42.5 Å². The molecule has 122 valence electrons. The first kappa shape index (κ1) is 16.8. The average Bonchev–Trinajstić information content (AvgIpc) is 2.57. The zero-order valence-electron chi connectivity index (χ0n) is 13.8. The number of rotatable bonds is 7. The number of aromatic nitrogens is 1. The van der Waals surface area contributed by atoms with Gasteiger partial charge in [-0.3, -0.25) is 9.78 Å². The summed E-state index contributed by atoms with van der Waals surface area (Å²) in [6, 6.07) is 9.07. The predicted molar refractivity (Wildman–Crippen MR) is 88.8 cm³/mol. The van der Waals surface area contributed by atoms with E-state index < -0.39 is 0 Å². The number of carbonyl (C=O) groups is 1. The van der Waals surface area contributed by atoms with Gasteiger partial charge in [-0.1, -0.05) is 0 Å². The summed E-state index contributed by atoms with van der Waals surface area (Å²) in [6.07, 6.45) is 3.44. The van der Waals surface area contributed by atoms with Gasteiger partial charge in [-0.2, -0.15) is 0 Å². The molecule has 0 unspecified atom stereocenters. The third-order valence-corrected chi connectivity index (χ3v) is 3.31. The molecule has 0 aliphatic heterocycles. The Hall–Kier alpha value is -2.56. The summed E-state index contributed by atoms with van der Waals surface area (Å²) >= 11 is 0. The molecule has 2 rings (SSSR count). The van der Waals surface area contributed by atoms with Crippen molar-refractivity contribution in [2.75, 3.05) is 20.3 Å². The zero-order chi connectivity index (χ0) is 16.7. The Bertz CT molecular complexity index is 644. The Balaban J connectivity index is 2.16. The number of nitrogens with zero attached hydrogens (tertiary/aromatic N) is 2. The molecule has 0 spiro atoms. The maximum absolute atomic E-state index is 12.6. The minimum atomic E-state index is -0.0641. The maximum Gasteiger partial charge on any atom is 0.254 e. The van der Waals surface area contributed by atoms with Gasteiger partial charge in [0.2, 0.25) is 0 Å². The summed E-state index contributed by atoms with van der Waals surface area (Å²) in [7, 11) is 1.78. The molecule has 1 heterocycles. The molecule has 0 atom stereocenters. The SMILES string of the molecule is CCOc1ccc(C(=O)N(C)Cc2ccncc2)cc1OCC. The summed E-state index contributed by atoms with van der Waals surface area (Å²) < 4.78 is 11.1. The van der Waals surface area contributed by atoms with E-state index in [1.165, 1.54) is 0 Å². The molecule has 0 fully saturated rings. The van der Waals surface area contributed by atoms with E-state index >= 15 is 0 Å². The highest BCUT2D eigenvalue weighted by Crippen LogP contribution is 2.29. The molecule has 5 heteroatoms. The highest BCUT2D eigenvalue weighted by atomic mass is 16.5. The quantitative estimate of drug-likeness (QED) is 0.788. The number of carbonyl (C=O) groups excluding carboxylic acids is 1. The maximum atomic E-state index is 12.6. The van der Waals surface area contributed by atoms with Crippen molar-refractivity contribution in [1.29, 1.82) is 0 Å². The fourth-order valence-electron chi connectivity index (χ4n) is 2.24. The minimum absolute atomic E-state index is 0.0641. The smallest absolute Gasteiger partial charge is 0.254 e. The average molecular weight is 314 g/mol. The van der Waals surface area contributed by atoms with E-state index in [4.69, 9.17) is 9.47 Å². The van der Waals surface area contributed by atoms with Gasteiger partial charge in [-0.05, 0) is 49.7 Å². The summed E-state index contributed by atoms with van der Waals surface area (Å²) in [6.45, 7) is 5.41. The van der Waals surface area contributed by atoms with Gasteiger partial charge in [0, 0.05) is 31.5 Å². The van der Waals surface area contributed by atoms with E-state index in [9.17, 15) is 4.79 Å². The molecule has 23 heavy (non-hydrogen) atoms. The first-order valence-electron chi connectivity index (χ1n) is 7.69. The molecule has 0 aliphatic carbocycles. The highest BCUT2D eigenvalue weighted by Gasteiger charge is 2.15. The molecule has 0 N–H and O–H groups in total. The summed E-state index contributed by atoms with van der Waals surface area (Å²) in [5.41, 5.74) is 1.61. The Morgan fingerprint density at radius 3 is 2.35 bits per heavy atom. The van der Waals surface area contributed by atoms with Gasteiger partial charge in [0.15, 0.2) is 11.5 Å². The second-order valence-electron chi connectivity index (χ2n) is 5.04. The van der Waals surface area contributed by atoms with E-state index in [0.717, 1.165) is 5.56 Å². The fourth-order valence-corrected chi connectivity index (χ4v) is 2.24. The minimum Gasteiger partial charge on any atom is -0.490 e. The van der Waals surface area contributed by atoms with Crippen LogP contribution < -0.4 is 9.47 Å². The van der Waals surface area contributed by atoms with Crippen molar-refractivity contribution >= 4 is 5.91 Å². The van der Waals surface area contributed by atoms with Gasteiger partial charge in [-0.15, -0.1) is 0 Å². The second kappa shape index (κ2) is 8.17. The van der Waals surface area contributed by atoms with Crippen LogP contribution in [0.1, 0.15) is 29.8 Å². The van der Waals surface area contributed by atoms with Gasteiger partial charge in [0.05, 0.1) is 13.2 Å². The molecular formula is C18H22N2O3. The first-order valence-corrected chi connectivity index (χ1v) is 7.69. The van der Waals surface area contributed by atoms with Crippen LogP contribution in [0.4, 0.5) is 0 Å². The number of hydrogen-bond acceptors (Lipinski definition) is 4. The number of ether oxygens (including phenoxy) is 2. The van der Waals surface area contributed by atoms with Crippen LogP contribution in [0.3, 0.4) is 0 Å². The molecule has 1 aromatic carbocycles. The van der Waals surface area contributed by atoms with Crippen molar-refractivity contribution < 1.29 is 14.3 Å². The van der Waals surface area contributed by atoms with Crippen LogP contribution in [0, 0.1) is 0 Å². The molecule has 0 saturated carbocycles. The lowest BCUT2D eigenvalue weighted by Gasteiger charge is -2.18. The van der Waals surface area contributed by atoms with Crippen molar-refractivity contribution in [3.8, 4) is 11.5 Å². The number of pyridine rings is 1. The largest absolute Gasteiger partial charge is 0.490 e. The van der Waals surface area contributed by atoms with Crippen LogP contribution in [-0.4, -0.2) is 36.1 Å². The molecule has 1 aromatic heterocycles.